The van der Waals surface area contributed by atoms with Gasteiger partial charge in [0, 0.05) is 13.0 Å². The van der Waals surface area contributed by atoms with Gasteiger partial charge < -0.3 is 9.47 Å². The van der Waals surface area contributed by atoms with E-state index in [2.05, 4.69) is 72.8 Å². The first-order chi connectivity index (χ1) is 15.2. The van der Waals surface area contributed by atoms with Crippen LogP contribution in [-0.2, 0) is 14.3 Å². The van der Waals surface area contributed by atoms with Crippen molar-refractivity contribution in [1.82, 2.24) is 0 Å². The zero-order valence-electron chi connectivity index (χ0n) is 18.3. The molecule has 3 aromatic carbocycles. The van der Waals surface area contributed by atoms with Crippen LogP contribution >= 0.6 is 6.89 Å². The van der Waals surface area contributed by atoms with Gasteiger partial charge in [0.25, 0.3) is 0 Å². The van der Waals surface area contributed by atoms with Crippen molar-refractivity contribution in [3.05, 3.63) is 91.0 Å². The Kier molecular flexibility index (Phi) is 8.85. The number of carbonyl (C=O) groups is 1. The Bertz CT molecular complexity index is 881. The van der Waals surface area contributed by atoms with Crippen LogP contribution in [0.1, 0.15) is 26.7 Å². The highest BCUT2D eigenvalue weighted by atomic mass is 31.2. The van der Waals surface area contributed by atoms with Gasteiger partial charge in [0.15, 0.2) is 12.1 Å². The Morgan fingerprint density at radius 1 is 0.806 bits per heavy atom. The number of hydrogen-bond acceptors (Lipinski definition) is 3. The summed E-state index contributed by atoms with van der Waals surface area (Å²) in [7, 11) is 0. The highest BCUT2D eigenvalue weighted by Gasteiger charge is 2.26. The number of rotatable bonds is 11. The number of benzene rings is 3. The Morgan fingerprint density at radius 2 is 1.26 bits per heavy atom. The van der Waals surface area contributed by atoms with E-state index in [0.717, 1.165) is 0 Å². The van der Waals surface area contributed by atoms with Gasteiger partial charge in [-0.3, -0.25) is 4.79 Å². The summed E-state index contributed by atoms with van der Waals surface area (Å²) in [5, 5.41) is 3.55. The third-order valence-electron chi connectivity index (χ3n) is 5.15. The van der Waals surface area contributed by atoms with E-state index in [-0.39, 0.29) is 12.1 Å². The van der Waals surface area contributed by atoms with Crippen LogP contribution in [0.25, 0.3) is 0 Å². The standard InChI is InChI=1S/C27H31O3P/c1-3-29-23(2)30-21-13-14-24(28)22-31(25-15-7-4-8-16-25,26-17-9-5-10-18-26)27-19-11-6-12-20-27/h4-12,15-20,22-23H,3,13-14,21H2,1-2H3. The van der Waals surface area contributed by atoms with Gasteiger partial charge in [-0.25, -0.2) is 0 Å². The molecule has 0 spiro atoms. The van der Waals surface area contributed by atoms with Gasteiger partial charge in [-0.15, -0.1) is 0 Å². The summed E-state index contributed by atoms with van der Waals surface area (Å²) in [5.41, 5.74) is 0. The van der Waals surface area contributed by atoms with Crippen molar-refractivity contribution < 1.29 is 14.3 Å². The summed E-state index contributed by atoms with van der Waals surface area (Å²) in [6, 6.07) is 31.2. The zero-order valence-corrected chi connectivity index (χ0v) is 19.2. The van der Waals surface area contributed by atoms with Gasteiger partial charge in [-0.05, 0) is 48.9 Å². The van der Waals surface area contributed by atoms with Crippen LogP contribution in [-0.4, -0.2) is 31.1 Å². The molecule has 0 amide bonds. The van der Waals surface area contributed by atoms with E-state index in [9.17, 15) is 4.79 Å². The van der Waals surface area contributed by atoms with Crippen LogP contribution in [0.5, 0.6) is 0 Å². The topological polar surface area (TPSA) is 35.5 Å². The quantitative estimate of drug-likeness (QED) is 0.253. The van der Waals surface area contributed by atoms with Crippen molar-refractivity contribution >= 4 is 34.4 Å². The van der Waals surface area contributed by atoms with E-state index >= 15 is 0 Å². The molecule has 0 aliphatic carbocycles. The maximum atomic E-state index is 13.2. The predicted octanol–water partition coefficient (Wildman–Crippen LogP) is 4.53. The molecule has 31 heavy (non-hydrogen) atoms. The predicted molar refractivity (Wildman–Crippen MR) is 132 cm³/mol. The first-order valence-corrected chi connectivity index (χ1v) is 12.7. The fourth-order valence-corrected chi connectivity index (χ4v) is 7.55. The summed E-state index contributed by atoms with van der Waals surface area (Å²) in [6.45, 7) is 2.72. The maximum Gasteiger partial charge on any atom is 0.156 e. The summed E-state index contributed by atoms with van der Waals surface area (Å²) >= 11 is 0. The zero-order chi connectivity index (χ0) is 21.9. The maximum absolute atomic E-state index is 13.2. The van der Waals surface area contributed by atoms with Crippen molar-refractivity contribution in [2.24, 2.45) is 0 Å². The Balaban J connectivity index is 1.99. The summed E-state index contributed by atoms with van der Waals surface area (Å²) in [5.74, 6) is 2.15. The van der Waals surface area contributed by atoms with Crippen LogP contribution in [0.4, 0.5) is 0 Å². The van der Waals surface area contributed by atoms with Gasteiger partial charge in [0.2, 0.25) is 0 Å². The van der Waals surface area contributed by atoms with Crippen LogP contribution in [0.2, 0.25) is 0 Å². The van der Waals surface area contributed by atoms with Crippen LogP contribution in [0.15, 0.2) is 91.0 Å². The second-order valence-corrected chi connectivity index (χ2v) is 10.6. The Morgan fingerprint density at radius 3 is 1.68 bits per heavy atom. The molecule has 0 heterocycles. The van der Waals surface area contributed by atoms with Crippen molar-refractivity contribution in [3.8, 4) is 0 Å². The van der Waals surface area contributed by atoms with Crippen molar-refractivity contribution in [2.45, 2.75) is 33.0 Å². The molecule has 162 valence electrons. The molecular weight excluding hydrogens is 403 g/mol. The van der Waals surface area contributed by atoms with Crippen molar-refractivity contribution in [3.63, 3.8) is 0 Å². The highest BCUT2D eigenvalue weighted by Crippen LogP contribution is 2.43. The first kappa shape index (κ1) is 23.2. The molecule has 0 radical (unpaired) electrons. The van der Waals surface area contributed by atoms with E-state index in [1.165, 1.54) is 15.9 Å². The molecule has 1 atom stereocenters. The molecule has 0 aliphatic heterocycles. The van der Waals surface area contributed by atoms with Gasteiger partial charge in [-0.1, -0.05) is 91.0 Å². The third-order valence-corrected chi connectivity index (χ3v) is 9.16. The number of hydrogen-bond donors (Lipinski definition) is 0. The van der Waals surface area contributed by atoms with Gasteiger partial charge in [0.05, 0.1) is 6.61 Å². The summed E-state index contributed by atoms with van der Waals surface area (Å²) in [6.07, 6.45) is 0.881. The van der Waals surface area contributed by atoms with Gasteiger partial charge in [0.1, 0.15) is 0 Å². The minimum Gasteiger partial charge on any atom is -0.353 e. The molecule has 0 fully saturated rings. The minimum atomic E-state index is -2.23. The first-order valence-electron chi connectivity index (χ1n) is 10.8. The summed E-state index contributed by atoms with van der Waals surface area (Å²) < 4.78 is 11.0. The smallest absolute Gasteiger partial charge is 0.156 e. The van der Waals surface area contributed by atoms with Gasteiger partial charge in [-0.2, -0.15) is 0 Å². The average Bonchev–Trinajstić information content (AvgIpc) is 2.82. The fraction of sp³-hybridized carbons (Fsp3) is 0.259. The molecule has 0 saturated carbocycles. The van der Waals surface area contributed by atoms with E-state index in [1.54, 1.807) is 0 Å². The molecule has 0 saturated heterocycles. The lowest BCUT2D eigenvalue weighted by Crippen LogP contribution is -2.28. The Labute approximate surface area is 186 Å². The second-order valence-electron chi connectivity index (χ2n) is 7.32. The lowest BCUT2D eigenvalue weighted by molar-refractivity contribution is -0.129. The number of carbonyl (C=O) groups excluding carboxylic acids is 1. The molecule has 3 nitrogen and oxygen atoms in total. The Hall–Kier alpha value is -2.45. The fourth-order valence-electron chi connectivity index (χ4n) is 3.72. The molecule has 3 aromatic rings. The molecule has 0 N–H and O–H groups in total. The van der Waals surface area contributed by atoms with Crippen molar-refractivity contribution in [2.75, 3.05) is 13.2 Å². The van der Waals surface area contributed by atoms with Crippen molar-refractivity contribution in [1.29, 1.82) is 0 Å². The number of Topliss-reactive ketones (excluding diaryl/α,β-unsaturated/α-hetero) is 1. The van der Waals surface area contributed by atoms with E-state index in [4.69, 9.17) is 9.47 Å². The number of ether oxygens (including phenoxy) is 2. The monoisotopic (exact) mass is 434 g/mol. The molecule has 1 unspecified atom stereocenters. The SMILES string of the molecule is CCOC(C)OCCCC(=O)C=P(c1ccccc1)(c1ccccc1)c1ccccc1. The molecular formula is C27H31O3P. The van der Waals surface area contributed by atoms with E-state index in [1.807, 2.05) is 37.8 Å². The third kappa shape index (κ3) is 6.04. The van der Waals surface area contributed by atoms with Crippen LogP contribution < -0.4 is 15.9 Å². The lowest BCUT2D eigenvalue weighted by Gasteiger charge is -2.28. The normalized spacial score (nSPS) is 12.3. The highest BCUT2D eigenvalue weighted by molar-refractivity contribution is 7.95. The van der Waals surface area contributed by atoms with Crippen LogP contribution in [0, 0.1) is 0 Å². The van der Waals surface area contributed by atoms with Crippen LogP contribution in [0.3, 0.4) is 0 Å². The van der Waals surface area contributed by atoms with Gasteiger partial charge >= 0.3 is 0 Å². The molecule has 3 rings (SSSR count). The second kappa shape index (κ2) is 11.8. The average molecular weight is 435 g/mol. The summed E-state index contributed by atoms with van der Waals surface area (Å²) in [4.78, 5) is 13.2. The van der Waals surface area contributed by atoms with E-state index in [0.29, 0.717) is 26.1 Å². The number of ketones is 1. The largest absolute Gasteiger partial charge is 0.353 e. The van der Waals surface area contributed by atoms with E-state index < -0.39 is 6.89 Å². The lowest BCUT2D eigenvalue weighted by atomic mass is 10.2. The molecule has 0 aromatic heterocycles. The molecule has 0 aliphatic rings. The minimum absolute atomic E-state index is 0.151. The molecule has 0 bridgehead atoms. The molecule has 4 heteroatoms.